The predicted molar refractivity (Wildman–Crippen MR) is 140 cm³/mol. The molecule has 2 rings (SSSR count). The van der Waals surface area contributed by atoms with Crippen LogP contribution in [-0.2, 0) is 28.2 Å². The standard InChI is InChI=1S/C27H51NO6Si/c1-19-20(2)24(18-32-22(4)29)33-26(21(19)3)31-17-11-10-12-25(30)28-15-13-23(14-16-28)34-35(8,9)27(5,6)7/h19-21,23-24,26H,10-18H2,1-9H3/t19-,20+,21-,24?,26?/m0/s1. The Morgan fingerprint density at radius 2 is 1.63 bits per heavy atom. The molecule has 0 aromatic heterocycles. The summed E-state index contributed by atoms with van der Waals surface area (Å²) in [5.74, 6) is 0.899. The predicted octanol–water partition coefficient (Wildman–Crippen LogP) is 5.38. The van der Waals surface area contributed by atoms with Gasteiger partial charge in [-0.05, 0) is 55.7 Å². The van der Waals surface area contributed by atoms with Crippen molar-refractivity contribution in [2.45, 2.75) is 117 Å². The lowest BCUT2D eigenvalue weighted by atomic mass is 9.79. The number of carbonyl (C=O) groups excluding carboxylic acids is 2. The van der Waals surface area contributed by atoms with E-state index < -0.39 is 8.32 Å². The summed E-state index contributed by atoms with van der Waals surface area (Å²) in [7, 11) is -1.76. The molecule has 2 saturated heterocycles. The second-order valence-corrected chi connectivity index (χ2v) is 17.0. The summed E-state index contributed by atoms with van der Waals surface area (Å²) in [6.45, 7) is 21.7. The first-order chi connectivity index (χ1) is 16.2. The molecule has 35 heavy (non-hydrogen) atoms. The van der Waals surface area contributed by atoms with E-state index in [-0.39, 0.29) is 47.9 Å². The maximum Gasteiger partial charge on any atom is 0.302 e. The number of hydrogen-bond acceptors (Lipinski definition) is 6. The molecule has 0 N–H and O–H groups in total. The van der Waals surface area contributed by atoms with Crippen molar-refractivity contribution in [1.29, 1.82) is 0 Å². The summed E-state index contributed by atoms with van der Waals surface area (Å²) in [5.41, 5.74) is 0. The maximum atomic E-state index is 12.7. The van der Waals surface area contributed by atoms with Crippen molar-refractivity contribution in [3.05, 3.63) is 0 Å². The highest BCUT2D eigenvalue weighted by Crippen LogP contribution is 2.38. The Hall–Kier alpha value is -0.963. The Morgan fingerprint density at radius 3 is 2.20 bits per heavy atom. The van der Waals surface area contributed by atoms with Crippen molar-refractivity contribution in [2.24, 2.45) is 17.8 Å². The third-order valence-corrected chi connectivity index (χ3v) is 13.1. The van der Waals surface area contributed by atoms with Crippen LogP contribution in [0, 0.1) is 17.8 Å². The molecule has 0 bridgehead atoms. The van der Waals surface area contributed by atoms with Crippen molar-refractivity contribution in [1.82, 2.24) is 4.90 Å². The van der Waals surface area contributed by atoms with Crippen LogP contribution in [0.5, 0.6) is 0 Å². The monoisotopic (exact) mass is 513 g/mol. The van der Waals surface area contributed by atoms with E-state index in [9.17, 15) is 9.59 Å². The van der Waals surface area contributed by atoms with Crippen molar-refractivity contribution >= 4 is 20.2 Å². The highest BCUT2D eigenvalue weighted by atomic mass is 28.4. The number of carbonyl (C=O) groups is 2. The molecule has 0 aromatic rings. The van der Waals surface area contributed by atoms with Gasteiger partial charge in [0.1, 0.15) is 6.61 Å². The highest BCUT2D eigenvalue weighted by molar-refractivity contribution is 6.74. The van der Waals surface area contributed by atoms with Gasteiger partial charge >= 0.3 is 5.97 Å². The van der Waals surface area contributed by atoms with E-state index in [1.165, 1.54) is 6.92 Å². The zero-order valence-corrected chi connectivity index (χ0v) is 24.7. The van der Waals surface area contributed by atoms with Gasteiger partial charge in [0.05, 0.1) is 6.10 Å². The topological polar surface area (TPSA) is 74.3 Å². The molecule has 7 nitrogen and oxygen atoms in total. The molecule has 204 valence electrons. The summed E-state index contributed by atoms with van der Waals surface area (Å²) in [6, 6.07) is 0. The van der Waals surface area contributed by atoms with E-state index in [0.29, 0.717) is 24.9 Å². The number of rotatable bonds is 10. The second kappa shape index (κ2) is 13.0. The molecule has 1 amide bonds. The van der Waals surface area contributed by atoms with Gasteiger partial charge in [-0.1, -0.05) is 41.5 Å². The first-order valence-electron chi connectivity index (χ1n) is 13.6. The Balaban J connectivity index is 1.67. The Labute approximate surface area is 214 Å². The number of unbranched alkanes of at least 4 members (excludes halogenated alkanes) is 1. The zero-order chi connectivity index (χ0) is 26.4. The minimum atomic E-state index is -1.76. The van der Waals surface area contributed by atoms with E-state index in [4.69, 9.17) is 18.6 Å². The number of likely N-dealkylation sites (tertiary alicyclic amines) is 1. The summed E-state index contributed by atoms with van der Waals surface area (Å²) < 4.78 is 23.9. The number of esters is 1. The quantitative estimate of drug-likeness (QED) is 0.222. The number of piperidine rings is 1. The molecule has 2 unspecified atom stereocenters. The van der Waals surface area contributed by atoms with Crippen LogP contribution in [0.25, 0.3) is 0 Å². The molecule has 2 aliphatic heterocycles. The lowest BCUT2D eigenvalue weighted by Gasteiger charge is -2.43. The van der Waals surface area contributed by atoms with Crippen LogP contribution in [0.15, 0.2) is 0 Å². The smallest absolute Gasteiger partial charge is 0.302 e. The van der Waals surface area contributed by atoms with Crippen molar-refractivity contribution < 1.29 is 28.2 Å². The summed E-state index contributed by atoms with van der Waals surface area (Å²) in [5, 5.41) is 0.210. The molecule has 2 fully saturated rings. The lowest BCUT2D eigenvalue weighted by molar-refractivity contribution is -0.255. The van der Waals surface area contributed by atoms with Gasteiger partial charge in [-0.15, -0.1) is 0 Å². The van der Waals surface area contributed by atoms with Gasteiger partial charge in [-0.25, -0.2) is 0 Å². The fourth-order valence-electron chi connectivity index (χ4n) is 4.62. The molecule has 0 aliphatic carbocycles. The van der Waals surface area contributed by atoms with Crippen molar-refractivity contribution in [2.75, 3.05) is 26.3 Å². The van der Waals surface area contributed by atoms with Crippen LogP contribution in [0.2, 0.25) is 18.1 Å². The molecule has 8 heteroatoms. The minimum Gasteiger partial charge on any atom is -0.463 e. The molecule has 0 saturated carbocycles. The van der Waals surface area contributed by atoms with Gasteiger partial charge < -0.3 is 23.5 Å². The van der Waals surface area contributed by atoms with Crippen LogP contribution in [0.3, 0.4) is 0 Å². The van der Waals surface area contributed by atoms with Gasteiger partial charge in [0.15, 0.2) is 14.6 Å². The SMILES string of the molecule is CC(=O)OCC1OC(OCCCCC(=O)N2CCC(O[Si](C)(C)C(C)(C)C)CC2)[C@@H](C)[C@@H](C)[C@H]1C. The molecule has 2 heterocycles. The number of hydrogen-bond donors (Lipinski definition) is 0. The zero-order valence-electron chi connectivity index (χ0n) is 23.7. The highest BCUT2D eigenvalue weighted by Gasteiger charge is 2.41. The Morgan fingerprint density at radius 1 is 1.00 bits per heavy atom. The summed E-state index contributed by atoms with van der Waals surface area (Å²) >= 11 is 0. The van der Waals surface area contributed by atoms with Gasteiger partial charge in [0.2, 0.25) is 5.91 Å². The van der Waals surface area contributed by atoms with E-state index >= 15 is 0 Å². The Bertz CT molecular complexity index is 686. The largest absolute Gasteiger partial charge is 0.463 e. The number of nitrogens with zero attached hydrogens (tertiary/aromatic N) is 1. The van der Waals surface area contributed by atoms with Crippen LogP contribution in [0.1, 0.15) is 80.6 Å². The second-order valence-electron chi connectivity index (χ2n) is 12.2. The van der Waals surface area contributed by atoms with Gasteiger partial charge in [0.25, 0.3) is 0 Å². The molecular weight excluding hydrogens is 462 g/mol. The molecule has 0 radical (unpaired) electrons. The van der Waals surface area contributed by atoms with E-state index in [1.54, 1.807) is 0 Å². The Kier molecular flexibility index (Phi) is 11.3. The molecule has 5 atom stereocenters. The number of amides is 1. The first-order valence-corrected chi connectivity index (χ1v) is 16.5. The number of ether oxygens (including phenoxy) is 3. The van der Waals surface area contributed by atoms with Gasteiger partial charge in [-0.2, -0.15) is 0 Å². The normalized spacial score (nSPS) is 28.7. The summed E-state index contributed by atoms with van der Waals surface area (Å²) in [6.07, 6.45) is 3.87. The minimum absolute atomic E-state index is 0.153. The van der Waals surface area contributed by atoms with Crippen LogP contribution >= 0.6 is 0 Å². The fraction of sp³-hybridized carbons (Fsp3) is 0.926. The average Bonchev–Trinajstić information content (AvgIpc) is 2.77. The summed E-state index contributed by atoms with van der Waals surface area (Å²) in [4.78, 5) is 25.9. The first kappa shape index (κ1) is 30.3. The van der Waals surface area contributed by atoms with E-state index in [2.05, 4.69) is 54.6 Å². The third kappa shape index (κ3) is 8.83. The third-order valence-electron chi connectivity index (χ3n) is 8.56. The van der Waals surface area contributed by atoms with Gasteiger partial charge in [0, 0.05) is 45.1 Å². The van der Waals surface area contributed by atoms with Crippen LogP contribution in [0.4, 0.5) is 0 Å². The van der Waals surface area contributed by atoms with Crippen molar-refractivity contribution in [3.8, 4) is 0 Å². The van der Waals surface area contributed by atoms with Crippen LogP contribution < -0.4 is 0 Å². The molecule has 0 spiro atoms. The van der Waals surface area contributed by atoms with E-state index in [1.807, 2.05) is 4.90 Å². The van der Waals surface area contributed by atoms with Gasteiger partial charge in [-0.3, -0.25) is 9.59 Å². The van der Waals surface area contributed by atoms with Crippen molar-refractivity contribution in [3.63, 3.8) is 0 Å². The maximum absolute atomic E-state index is 12.7. The molecular formula is C27H51NO6Si. The fourth-order valence-corrected chi connectivity index (χ4v) is 6.04. The van der Waals surface area contributed by atoms with Crippen LogP contribution in [-0.4, -0.2) is 69.9 Å². The van der Waals surface area contributed by atoms with E-state index in [0.717, 1.165) is 38.8 Å². The molecule has 0 aromatic carbocycles. The molecule has 2 aliphatic rings. The average molecular weight is 514 g/mol. The lowest BCUT2D eigenvalue weighted by Crippen LogP contribution is -2.48.